The van der Waals surface area contributed by atoms with E-state index in [-0.39, 0.29) is 11.3 Å². The standard InChI is InChI=1S/C15H15NO4/c1-9(17)11-6-7-13(16-15(11)18)12-5-4-10(19-2)8-14(12)20-3/h4-8H,1-3H3,(H,16,18). The van der Waals surface area contributed by atoms with Crippen LogP contribution in [0.15, 0.2) is 35.1 Å². The van der Waals surface area contributed by atoms with E-state index in [0.717, 1.165) is 5.56 Å². The van der Waals surface area contributed by atoms with E-state index < -0.39 is 5.56 Å². The minimum Gasteiger partial charge on any atom is -0.497 e. The number of aromatic amines is 1. The summed E-state index contributed by atoms with van der Waals surface area (Å²) in [5.74, 6) is 0.975. The van der Waals surface area contributed by atoms with E-state index in [1.165, 1.54) is 13.0 Å². The molecule has 0 aliphatic rings. The van der Waals surface area contributed by atoms with Gasteiger partial charge in [0.15, 0.2) is 5.78 Å². The van der Waals surface area contributed by atoms with Crippen LogP contribution in [0.2, 0.25) is 0 Å². The van der Waals surface area contributed by atoms with Crippen molar-refractivity contribution in [1.29, 1.82) is 0 Å². The minimum absolute atomic E-state index is 0.140. The van der Waals surface area contributed by atoms with E-state index in [4.69, 9.17) is 9.47 Å². The lowest BCUT2D eigenvalue weighted by molar-refractivity contribution is 0.101. The largest absolute Gasteiger partial charge is 0.497 e. The Balaban J connectivity index is 2.54. The fourth-order valence-corrected chi connectivity index (χ4v) is 1.93. The highest BCUT2D eigenvalue weighted by molar-refractivity contribution is 5.93. The van der Waals surface area contributed by atoms with Gasteiger partial charge in [0.05, 0.1) is 25.5 Å². The monoisotopic (exact) mass is 273 g/mol. The van der Waals surface area contributed by atoms with Crippen molar-refractivity contribution in [2.45, 2.75) is 6.92 Å². The molecule has 0 radical (unpaired) electrons. The molecule has 2 rings (SSSR count). The number of methoxy groups -OCH3 is 2. The third kappa shape index (κ3) is 2.56. The number of Topliss-reactive ketones (excluding diaryl/α,β-unsaturated/α-hetero) is 1. The predicted molar refractivity (Wildman–Crippen MR) is 75.6 cm³/mol. The highest BCUT2D eigenvalue weighted by Gasteiger charge is 2.11. The second kappa shape index (κ2) is 5.61. The average Bonchev–Trinajstić information content (AvgIpc) is 2.46. The first-order valence-electron chi connectivity index (χ1n) is 6.03. The summed E-state index contributed by atoms with van der Waals surface area (Å²) in [5.41, 5.74) is 1.04. The lowest BCUT2D eigenvalue weighted by Gasteiger charge is -2.10. The number of benzene rings is 1. The van der Waals surface area contributed by atoms with Crippen LogP contribution < -0.4 is 15.0 Å². The molecule has 0 spiro atoms. The summed E-state index contributed by atoms with van der Waals surface area (Å²) in [7, 11) is 3.11. The van der Waals surface area contributed by atoms with Crippen molar-refractivity contribution >= 4 is 5.78 Å². The van der Waals surface area contributed by atoms with Gasteiger partial charge in [0, 0.05) is 11.6 Å². The second-order valence-electron chi connectivity index (χ2n) is 4.24. The SMILES string of the molecule is COc1ccc(-c2ccc(C(C)=O)c(=O)[nH]2)c(OC)c1. The zero-order valence-electron chi connectivity index (χ0n) is 11.5. The molecule has 0 saturated carbocycles. The van der Waals surface area contributed by atoms with E-state index in [0.29, 0.717) is 17.2 Å². The number of carbonyl (C=O) groups is 1. The van der Waals surface area contributed by atoms with Crippen molar-refractivity contribution in [3.63, 3.8) is 0 Å². The molecule has 1 heterocycles. The molecule has 0 aliphatic carbocycles. The summed E-state index contributed by atoms with van der Waals surface area (Å²) in [5, 5.41) is 0. The molecule has 20 heavy (non-hydrogen) atoms. The highest BCUT2D eigenvalue weighted by atomic mass is 16.5. The first kappa shape index (κ1) is 13.9. The van der Waals surface area contributed by atoms with Gasteiger partial charge < -0.3 is 14.5 Å². The molecule has 0 fully saturated rings. The quantitative estimate of drug-likeness (QED) is 0.868. The van der Waals surface area contributed by atoms with Crippen LogP contribution in [0.5, 0.6) is 11.5 Å². The van der Waals surface area contributed by atoms with E-state index in [2.05, 4.69) is 4.98 Å². The van der Waals surface area contributed by atoms with E-state index in [1.54, 1.807) is 38.5 Å². The van der Waals surface area contributed by atoms with Crippen molar-refractivity contribution in [2.24, 2.45) is 0 Å². The third-order valence-corrected chi connectivity index (χ3v) is 2.99. The Kier molecular flexibility index (Phi) is 3.89. The number of nitrogens with one attached hydrogen (secondary N) is 1. The Labute approximate surface area is 116 Å². The Morgan fingerprint density at radius 1 is 1.10 bits per heavy atom. The van der Waals surface area contributed by atoms with Crippen LogP contribution in [0.1, 0.15) is 17.3 Å². The molecule has 0 bridgehead atoms. The zero-order valence-corrected chi connectivity index (χ0v) is 11.5. The number of rotatable bonds is 4. The minimum atomic E-state index is -0.409. The van der Waals surface area contributed by atoms with Gasteiger partial charge in [-0.2, -0.15) is 0 Å². The molecule has 0 amide bonds. The molecular formula is C15H15NO4. The van der Waals surface area contributed by atoms with Crippen LogP contribution in [0.3, 0.4) is 0 Å². The molecule has 0 atom stereocenters. The van der Waals surface area contributed by atoms with E-state index >= 15 is 0 Å². The molecule has 1 aromatic carbocycles. The lowest BCUT2D eigenvalue weighted by atomic mass is 10.1. The van der Waals surface area contributed by atoms with E-state index in [9.17, 15) is 9.59 Å². The zero-order chi connectivity index (χ0) is 14.7. The summed E-state index contributed by atoms with van der Waals surface area (Å²) in [6.45, 7) is 1.36. The smallest absolute Gasteiger partial charge is 0.259 e. The van der Waals surface area contributed by atoms with Gasteiger partial charge in [-0.3, -0.25) is 9.59 Å². The van der Waals surface area contributed by atoms with Crippen molar-refractivity contribution in [3.05, 3.63) is 46.2 Å². The summed E-state index contributed by atoms with van der Waals surface area (Å²) in [6.07, 6.45) is 0. The number of pyridine rings is 1. The van der Waals surface area contributed by atoms with Gasteiger partial charge in [-0.15, -0.1) is 0 Å². The number of H-pyrrole nitrogens is 1. The molecule has 1 aromatic heterocycles. The first-order chi connectivity index (χ1) is 9.56. The van der Waals surface area contributed by atoms with Gasteiger partial charge >= 0.3 is 0 Å². The van der Waals surface area contributed by atoms with E-state index in [1.807, 2.05) is 0 Å². The molecule has 5 heteroatoms. The molecule has 2 aromatic rings. The van der Waals surface area contributed by atoms with Crippen molar-refractivity contribution < 1.29 is 14.3 Å². The summed E-state index contributed by atoms with van der Waals surface area (Å²) >= 11 is 0. The van der Waals surface area contributed by atoms with Crippen molar-refractivity contribution in [2.75, 3.05) is 14.2 Å². The maximum Gasteiger partial charge on any atom is 0.259 e. The Hall–Kier alpha value is -2.56. The topological polar surface area (TPSA) is 68.4 Å². The number of hydrogen-bond acceptors (Lipinski definition) is 4. The Morgan fingerprint density at radius 2 is 1.85 bits per heavy atom. The molecule has 1 N–H and O–H groups in total. The number of aromatic nitrogens is 1. The number of hydrogen-bond donors (Lipinski definition) is 1. The first-order valence-corrected chi connectivity index (χ1v) is 6.03. The summed E-state index contributed by atoms with van der Waals surface area (Å²) in [4.78, 5) is 25.8. The molecule has 5 nitrogen and oxygen atoms in total. The van der Waals surface area contributed by atoms with Crippen LogP contribution >= 0.6 is 0 Å². The summed E-state index contributed by atoms with van der Waals surface area (Å²) in [6, 6.07) is 8.49. The number of ketones is 1. The van der Waals surface area contributed by atoms with Gasteiger partial charge in [-0.25, -0.2) is 0 Å². The fourth-order valence-electron chi connectivity index (χ4n) is 1.93. The average molecular weight is 273 g/mol. The lowest BCUT2D eigenvalue weighted by Crippen LogP contribution is -2.16. The van der Waals surface area contributed by atoms with Gasteiger partial charge in [-0.05, 0) is 31.2 Å². The van der Waals surface area contributed by atoms with Gasteiger partial charge in [0.25, 0.3) is 5.56 Å². The van der Waals surface area contributed by atoms with Crippen molar-refractivity contribution in [3.8, 4) is 22.8 Å². The maximum atomic E-state index is 11.8. The second-order valence-corrected chi connectivity index (χ2v) is 4.24. The molecule has 0 unspecified atom stereocenters. The molecule has 104 valence electrons. The maximum absolute atomic E-state index is 11.8. The molecule has 0 saturated heterocycles. The van der Waals surface area contributed by atoms with Crippen LogP contribution in [-0.4, -0.2) is 25.0 Å². The van der Waals surface area contributed by atoms with Crippen LogP contribution in [-0.2, 0) is 0 Å². The van der Waals surface area contributed by atoms with Crippen LogP contribution in [0.4, 0.5) is 0 Å². The number of carbonyl (C=O) groups excluding carboxylic acids is 1. The van der Waals surface area contributed by atoms with Crippen molar-refractivity contribution in [1.82, 2.24) is 4.98 Å². The normalized spacial score (nSPS) is 10.2. The highest BCUT2D eigenvalue weighted by Crippen LogP contribution is 2.31. The third-order valence-electron chi connectivity index (χ3n) is 2.99. The predicted octanol–water partition coefficient (Wildman–Crippen LogP) is 2.26. The molecular weight excluding hydrogens is 258 g/mol. The Bertz CT molecular complexity index is 703. The fraction of sp³-hybridized carbons (Fsp3) is 0.200. The van der Waals surface area contributed by atoms with Gasteiger partial charge in [-0.1, -0.05) is 0 Å². The summed E-state index contributed by atoms with van der Waals surface area (Å²) < 4.78 is 10.4. The van der Waals surface area contributed by atoms with Gasteiger partial charge in [0.1, 0.15) is 11.5 Å². The Morgan fingerprint density at radius 3 is 2.40 bits per heavy atom. The van der Waals surface area contributed by atoms with Gasteiger partial charge in [0.2, 0.25) is 0 Å². The molecule has 0 aliphatic heterocycles. The van der Waals surface area contributed by atoms with Crippen LogP contribution in [0.25, 0.3) is 11.3 Å². The number of ether oxygens (including phenoxy) is 2. The van der Waals surface area contributed by atoms with Crippen LogP contribution in [0, 0.1) is 0 Å².